The van der Waals surface area contributed by atoms with Gasteiger partial charge in [-0.25, -0.2) is 4.98 Å². The Bertz CT molecular complexity index is 802. The second-order valence-electron chi connectivity index (χ2n) is 7.25. The van der Waals surface area contributed by atoms with Gasteiger partial charge in [-0.15, -0.1) is 11.3 Å². The highest BCUT2D eigenvalue weighted by Gasteiger charge is 2.15. The summed E-state index contributed by atoms with van der Waals surface area (Å²) in [6.45, 7) is 4.22. The number of thiazole rings is 1. The Balaban J connectivity index is 1.19. The molecule has 1 fully saturated rings. The molecule has 28 heavy (non-hydrogen) atoms. The molecule has 0 unspecified atom stereocenters. The van der Waals surface area contributed by atoms with Crippen LogP contribution in [0.1, 0.15) is 36.9 Å². The second-order valence-corrected chi connectivity index (χ2v) is 8.08. The smallest absolute Gasteiger partial charge is 0.220 e. The molecule has 0 bridgehead atoms. The zero-order chi connectivity index (χ0) is 19.2. The minimum absolute atomic E-state index is 0.0714. The number of rotatable bonds is 7. The predicted octanol–water partition coefficient (Wildman–Crippen LogP) is 3.20. The molecule has 150 valence electrons. The van der Waals surface area contributed by atoms with Crippen molar-refractivity contribution in [1.82, 2.24) is 10.3 Å². The summed E-state index contributed by atoms with van der Waals surface area (Å²) in [5, 5.41) is 6.24. The van der Waals surface area contributed by atoms with E-state index < -0.39 is 0 Å². The third-order valence-corrected chi connectivity index (χ3v) is 6.02. The molecule has 3 heterocycles. The fourth-order valence-corrected chi connectivity index (χ4v) is 4.42. The van der Waals surface area contributed by atoms with Crippen LogP contribution < -0.4 is 19.7 Å². The van der Waals surface area contributed by atoms with Crippen molar-refractivity contribution < 1.29 is 14.3 Å². The van der Waals surface area contributed by atoms with E-state index in [-0.39, 0.29) is 5.91 Å². The zero-order valence-corrected chi connectivity index (χ0v) is 16.9. The predicted molar refractivity (Wildman–Crippen MR) is 111 cm³/mol. The average molecular weight is 402 g/mol. The lowest BCUT2D eigenvalue weighted by atomic mass is 10.1. The van der Waals surface area contributed by atoms with Crippen LogP contribution in [0.5, 0.6) is 11.5 Å². The van der Waals surface area contributed by atoms with E-state index in [9.17, 15) is 4.79 Å². The Kier molecular flexibility index (Phi) is 6.31. The fourth-order valence-electron chi connectivity index (χ4n) is 3.50. The monoisotopic (exact) mass is 401 g/mol. The Morgan fingerprint density at radius 3 is 2.79 bits per heavy atom. The van der Waals surface area contributed by atoms with E-state index >= 15 is 0 Å². The Labute approximate surface area is 169 Å². The summed E-state index contributed by atoms with van der Waals surface area (Å²) in [4.78, 5) is 19.2. The third-order valence-electron chi connectivity index (χ3n) is 5.07. The van der Waals surface area contributed by atoms with Crippen molar-refractivity contribution in [3.05, 3.63) is 34.8 Å². The van der Waals surface area contributed by atoms with Crippen LogP contribution in [0.2, 0.25) is 0 Å². The molecule has 1 aromatic heterocycles. The van der Waals surface area contributed by atoms with Gasteiger partial charge in [-0.3, -0.25) is 4.79 Å². The quantitative estimate of drug-likeness (QED) is 0.772. The number of carbonyl (C=O) groups excluding carboxylic acids is 1. The molecule has 2 aliphatic rings. The average Bonchev–Trinajstić information content (AvgIpc) is 3.34. The van der Waals surface area contributed by atoms with E-state index in [2.05, 4.69) is 15.6 Å². The molecule has 0 atom stereocenters. The molecule has 2 aliphatic heterocycles. The largest absolute Gasteiger partial charge is 0.490 e. The second kappa shape index (κ2) is 9.28. The van der Waals surface area contributed by atoms with E-state index in [0.29, 0.717) is 32.6 Å². The van der Waals surface area contributed by atoms with Gasteiger partial charge in [0.15, 0.2) is 16.6 Å². The number of hydrogen-bond acceptors (Lipinski definition) is 6. The summed E-state index contributed by atoms with van der Waals surface area (Å²) >= 11 is 1.71. The molecular weight excluding hydrogens is 374 g/mol. The molecule has 1 N–H and O–H groups in total. The molecule has 0 radical (unpaired) electrons. The van der Waals surface area contributed by atoms with Crippen LogP contribution in [0, 0.1) is 0 Å². The molecule has 0 aliphatic carbocycles. The summed E-state index contributed by atoms with van der Waals surface area (Å²) in [5.41, 5.74) is 2.16. The van der Waals surface area contributed by atoms with Crippen molar-refractivity contribution in [3.8, 4) is 11.5 Å². The topological polar surface area (TPSA) is 63.7 Å². The van der Waals surface area contributed by atoms with Crippen molar-refractivity contribution in [3.63, 3.8) is 0 Å². The summed E-state index contributed by atoms with van der Waals surface area (Å²) in [5.74, 6) is 1.65. The van der Waals surface area contributed by atoms with Gasteiger partial charge >= 0.3 is 0 Å². The van der Waals surface area contributed by atoms with E-state index in [1.54, 1.807) is 11.3 Å². The minimum atomic E-state index is 0.0714. The number of fused-ring (bicyclic) bond motifs is 1. The number of carbonyl (C=O) groups is 1. The van der Waals surface area contributed by atoms with Crippen molar-refractivity contribution in [2.24, 2.45) is 0 Å². The van der Waals surface area contributed by atoms with E-state index in [1.165, 1.54) is 12.8 Å². The number of aryl methyl sites for hydroxylation is 1. The minimum Gasteiger partial charge on any atom is -0.490 e. The lowest BCUT2D eigenvalue weighted by Gasteiger charge is -2.12. The van der Waals surface area contributed by atoms with E-state index in [1.807, 2.05) is 18.2 Å². The van der Waals surface area contributed by atoms with Gasteiger partial charge in [0.2, 0.25) is 5.91 Å². The first-order valence-corrected chi connectivity index (χ1v) is 11.0. The molecule has 2 aromatic rings. The summed E-state index contributed by atoms with van der Waals surface area (Å²) in [6, 6.07) is 5.94. The maximum atomic E-state index is 12.2. The molecule has 1 aromatic carbocycles. The van der Waals surface area contributed by atoms with Crippen molar-refractivity contribution in [2.75, 3.05) is 37.7 Å². The van der Waals surface area contributed by atoms with Crippen LogP contribution in [0.15, 0.2) is 23.6 Å². The molecule has 0 spiro atoms. The van der Waals surface area contributed by atoms with Crippen molar-refractivity contribution in [1.29, 1.82) is 0 Å². The number of nitrogens with zero attached hydrogens (tertiary/aromatic N) is 2. The van der Waals surface area contributed by atoms with E-state index in [4.69, 9.17) is 14.5 Å². The SMILES string of the molecule is O=C(CCc1ccc2c(c1)OCCCO2)NCCc1csc(N2CCCC2)n1. The lowest BCUT2D eigenvalue weighted by Crippen LogP contribution is -2.26. The van der Waals surface area contributed by atoms with E-state index in [0.717, 1.165) is 53.8 Å². The van der Waals surface area contributed by atoms with Gasteiger partial charge < -0.3 is 19.7 Å². The van der Waals surface area contributed by atoms with Gasteiger partial charge in [0.1, 0.15) is 0 Å². The molecule has 0 saturated carbocycles. The number of nitrogens with one attached hydrogen (secondary N) is 1. The Morgan fingerprint density at radius 1 is 1.11 bits per heavy atom. The highest BCUT2D eigenvalue weighted by molar-refractivity contribution is 7.13. The van der Waals surface area contributed by atoms with Crippen LogP contribution in [-0.2, 0) is 17.6 Å². The molecule has 7 heteroatoms. The molecule has 4 rings (SSSR count). The highest BCUT2D eigenvalue weighted by Crippen LogP contribution is 2.30. The first-order chi connectivity index (χ1) is 13.8. The number of ether oxygens (including phenoxy) is 2. The van der Waals surface area contributed by atoms with Gasteiger partial charge in [0, 0.05) is 44.3 Å². The lowest BCUT2D eigenvalue weighted by molar-refractivity contribution is -0.121. The van der Waals surface area contributed by atoms with Crippen LogP contribution in [-0.4, -0.2) is 43.7 Å². The van der Waals surface area contributed by atoms with Crippen molar-refractivity contribution >= 4 is 22.4 Å². The number of aromatic nitrogens is 1. The van der Waals surface area contributed by atoms with Crippen molar-refractivity contribution in [2.45, 2.75) is 38.5 Å². The number of amides is 1. The van der Waals surface area contributed by atoms with Gasteiger partial charge in [0.05, 0.1) is 18.9 Å². The Morgan fingerprint density at radius 2 is 1.93 bits per heavy atom. The summed E-state index contributed by atoms with van der Waals surface area (Å²) in [6.07, 6.45) is 5.35. The first kappa shape index (κ1) is 19.1. The van der Waals surface area contributed by atoms with Crippen LogP contribution in [0.4, 0.5) is 5.13 Å². The number of benzene rings is 1. The summed E-state index contributed by atoms with van der Waals surface area (Å²) in [7, 11) is 0. The summed E-state index contributed by atoms with van der Waals surface area (Å²) < 4.78 is 11.4. The van der Waals surface area contributed by atoms with Gasteiger partial charge in [-0.1, -0.05) is 6.07 Å². The normalized spacial score (nSPS) is 16.1. The zero-order valence-electron chi connectivity index (χ0n) is 16.1. The molecule has 1 amide bonds. The fraction of sp³-hybridized carbons (Fsp3) is 0.524. The number of hydrogen-bond donors (Lipinski definition) is 1. The Hall–Kier alpha value is -2.28. The van der Waals surface area contributed by atoms with Crippen LogP contribution in [0.25, 0.3) is 0 Å². The maximum Gasteiger partial charge on any atom is 0.220 e. The number of anilines is 1. The van der Waals surface area contributed by atoms with Gasteiger partial charge in [0.25, 0.3) is 0 Å². The molecule has 1 saturated heterocycles. The van der Waals surface area contributed by atoms with Crippen LogP contribution in [0.3, 0.4) is 0 Å². The van der Waals surface area contributed by atoms with Crippen LogP contribution >= 0.6 is 11.3 Å². The molecule has 6 nitrogen and oxygen atoms in total. The maximum absolute atomic E-state index is 12.2. The molecular formula is C21H27N3O3S. The first-order valence-electron chi connectivity index (χ1n) is 10.1. The van der Waals surface area contributed by atoms with Gasteiger partial charge in [-0.2, -0.15) is 0 Å². The standard InChI is InChI=1S/C21H27N3O3S/c25-20(7-5-16-4-6-18-19(14-16)27-13-3-12-26-18)22-9-8-17-15-28-21(23-17)24-10-1-2-11-24/h4,6,14-15H,1-3,5,7-13H2,(H,22,25). The third kappa shape index (κ3) is 4.95. The highest BCUT2D eigenvalue weighted by atomic mass is 32.1. The van der Waals surface area contributed by atoms with Gasteiger partial charge in [-0.05, 0) is 37.0 Å².